The maximum Gasteiger partial charge on any atom is 0.0466 e. The van der Waals surface area contributed by atoms with Crippen LogP contribution >= 0.6 is 0 Å². The highest BCUT2D eigenvalue weighted by molar-refractivity contribution is 4.90. The van der Waals surface area contributed by atoms with Crippen molar-refractivity contribution in [3.05, 3.63) is 0 Å². The lowest BCUT2D eigenvalue weighted by molar-refractivity contribution is 0.0657. The van der Waals surface area contributed by atoms with E-state index in [0.29, 0.717) is 10.8 Å². The smallest absolute Gasteiger partial charge is 0.0466 e. The topological polar surface area (TPSA) is 21.3 Å². The molecule has 2 heteroatoms. The van der Waals surface area contributed by atoms with E-state index in [2.05, 4.69) is 39.9 Å². The van der Waals surface area contributed by atoms with Gasteiger partial charge >= 0.3 is 0 Å². The third-order valence-electron chi connectivity index (χ3n) is 5.40. The third kappa shape index (κ3) is 6.69. The van der Waals surface area contributed by atoms with Gasteiger partial charge in [-0.15, -0.1) is 0 Å². The number of hydrogen-bond donors (Lipinski definition) is 1. The number of nitrogens with one attached hydrogen (secondary N) is 1. The minimum atomic E-state index is 0.480. The van der Waals surface area contributed by atoms with E-state index in [9.17, 15) is 0 Å². The lowest BCUT2D eigenvalue weighted by Gasteiger charge is -2.44. The van der Waals surface area contributed by atoms with Crippen LogP contribution in [0.4, 0.5) is 0 Å². The fourth-order valence-corrected chi connectivity index (χ4v) is 3.84. The normalized spacial score (nSPS) is 27.0. The van der Waals surface area contributed by atoms with Crippen LogP contribution < -0.4 is 5.32 Å². The second kappa shape index (κ2) is 9.15. The summed E-state index contributed by atoms with van der Waals surface area (Å²) in [5.74, 6) is 0.906. The van der Waals surface area contributed by atoms with Crippen molar-refractivity contribution >= 4 is 0 Å². The van der Waals surface area contributed by atoms with Gasteiger partial charge in [0.1, 0.15) is 0 Å². The average Bonchev–Trinajstić information content (AvgIpc) is 2.44. The Hall–Kier alpha value is -0.0800. The van der Waals surface area contributed by atoms with Gasteiger partial charge in [0.2, 0.25) is 0 Å². The third-order valence-corrected chi connectivity index (χ3v) is 5.40. The molecule has 1 rings (SSSR count). The first-order chi connectivity index (χ1) is 9.93. The molecule has 0 aromatic rings. The van der Waals surface area contributed by atoms with Crippen molar-refractivity contribution in [1.82, 2.24) is 5.32 Å². The van der Waals surface area contributed by atoms with Gasteiger partial charge in [-0.1, -0.05) is 27.7 Å². The van der Waals surface area contributed by atoms with Crippen LogP contribution in [0.25, 0.3) is 0 Å². The zero-order chi connectivity index (χ0) is 15.8. The first-order valence-corrected chi connectivity index (χ1v) is 9.22. The number of ether oxygens (including phenoxy) is 1. The van der Waals surface area contributed by atoms with Gasteiger partial charge in [-0.2, -0.15) is 0 Å². The summed E-state index contributed by atoms with van der Waals surface area (Å²) in [6.45, 7) is 15.7. The molecular formula is C19H39NO. The molecule has 1 aliphatic rings. The van der Waals surface area contributed by atoms with Crippen molar-refractivity contribution in [2.24, 2.45) is 16.7 Å². The Bertz CT molecular complexity index is 261. The van der Waals surface area contributed by atoms with Gasteiger partial charge in [0, 0.05) is 19.8 Å². The van der Waals surface area contributed by atoms with E-state index in [-0.39, 0.29) is 0 Å². The number of rotatable bonds is 9. The lowest BCUT2D eigenvalue weighted by atomic mass is 9.62. The molecule has 1 N–H and O–H groups in total. The quantitative estimate of drug-likeness (QED) is 0.603. The van der Waals surface area contributed by atoms with Gasteiger partial charge in [-0.25, -0.2) is 0 Å². The monoisotopic (exact) mass is 297 g/mol. The molecule has 126 valence electrons. The Kier molecular flexibility index (Phi) is 8.26. The molecule has 0 bridgehead atoms. The summed E-state index contributed by atoms with van der Waals surface area (Å²) in [6, 6.07) is 0. The molecule has 0 amide bonds. The highest BCUT2D eigenvalue weighted by Crippen LogP contribution is 2.47. The second-order valence-corrected chi connectivity index (χ2v) is 8.12. The molecule has 1 aliphatic carbocycles. The fourth-order valence-electron chi connectivity index (χ4n) is 3.84. The molecule has 0 heterocycles. The highest BCUT2D eigenvalue weighted by Gasteiger charge is 2.37. The van der Waals surface area contributed by atoms with Crippen LogP contribution in [0.5, 0.6) is 0 Å². The van der Waals surface area contributed by atoms with Gasteiger partial charge in [0.05, 0.1) is 0 Å². The van der Waals surface area contributed by atoms with Crippen LogP contribution in [0.15, 0.2) is 0 Å². The lowest BCUT2D eigenvalue weighted by Crippen LogP contribution is -2.40. The van der Waals surface area contributed by atoms with Crippen molar-refractivity contribution in [2.75, 3.05) is 26.3 Å². The van der Waals surface area contributed by atoms with E-state index in [0.717, 1.165) is 25.7 Å². The van der Waals surface area contributed by atoms with Crippen molar-refractivity contribution in [2.45, 2.75) is 79.6 Å². The average molecular weight is 298 g/mol. The van der Waals surface area contributed by atoms with Crippen molar-refractivity contribution < 1.29 is 4.74 Å². The minimum Gasteiger partial charge on any atom is -0.382 e. The minimum absolute atomic E-state index is 0.480. The number of hydrogen-bond acceptors (Lipinski definition) is 2. The Labute approximate surface area is 133 Å². The summed E-state index contributed by atoms with van der Waals surface area (Å²) in [4.78, 5) is 0. The zero-order valence-corrected chi connectivity index (χ0v) is 15.3. The van der Waals surface area contributed by atoms with Gasteiger partial charge < -0.3 is 10.1 Å². The Balaban J connectivity index is 2.50. The largest absolute Gasteiger partial charge is 0.382 e. The van der Waals surface area contributed by atoms with Crippen LogP contribution in [0.1, 0.15) is 79.6 Å². The van der Waals surface area contributed by atoms with Gasteiger partial charge in [-0.05, 0) is 75.2 Å². The molecular weight excluding hydrogens is 258 g/mol. The predicted molar refractivity (Wildman–Crippen MR) is 92.7 cm³/mol. The molecule has 0 aromatic heterocycles. The van der Waals surface area contributed by atoms with E-state index in [1.54, 1.807) is 0 Å². The van der Waals surface area contributed by atoms with Crippen LogP contribution in [0.2, 0.25) is 0 Å². The van der Waals surface area contributed by atoms with Gasteiger partial charge in [-0.3, -0.25) is 0 Å². The van der Waals surface area contributed by atoms with Crippen molar-refractivity contribution in [3.8, 4) is 0 Å². The van der Waals surface area contributed by atoms with E-state index >= 15 is 0 Å². The zero-order valence-electron chi connectivity index (χ0n) is 15.3. The molecule has 0 aromatic carbocycles. The summed E-state index contributed by atoms with van der Waals surface area (Å²) in [5.41, 5.74) is 1.02. The summed E-state index contributed by atoms with van der Waals surface area (Å²) < 4.78 is 5.55. The van der Waals surface area contributed by atoms with E-state index in [4.69, 9.17) is 4.74 Å². The predicted octanol–water partition coefficient (Wildman–Crippen LogP) is 5.03. The fraction of sp³-hybridized carbons (Fsp3) is 1.00. The summed E-state index contributed by atoms with van der Waals surface area (Å²) >= 11 is 0. The van der Waals surface area contributed by atoms with Crippen molar-refractivity contribution in [1.29, 1.82) is 0 Å². The molecule has 0 aliphatic heterocycles. The summed E-state index contributed by atoms with van der Waals surface area (Å²) in [5, 5.41) is 3.70. The molecule has 0 atom stereocenters. The van der Waals surface area contributed by atoms with Crippen LogP contribution in [0, 0.1) is 16.7 Å². The van der Waals surface area contributed by atoms with E-state index in [1.807, 2.05) is 0 Å². The second-order valence-electron chi connectivity index (χ2n) is 8.12. The summed E-state index contributed by atoms with van der Waals surface area (Å²) in [6.07, 6.45) is 9.41. The van der Waals surface area contributed by atoms with Crippen LogP contribution in [-0.2, 0) is 4.74 Å². The van der Waals surface area contributed by atoms with E-state index < -0.39 is 0 Å². The first-order valence-electron chi connectivity index (χ1n) is 9.22. The van der Waals surface area contributed by atoms with Gasteiger partial charge in [0.15, 0.2) is 0 Å². The Morgan fingerprint density at radius 1 is 1.14 bits per heavy atom. The Morgan fingerprint density at radius 3 is 2.33 bits per heavy atom. The first kappa shape index (κ1) is 19.0. The van der Waals surface area contributed by atoms with E-state index in [1.165, 1.54) is 51.5 Å². The standard InChI is InChI=1S/C19H39NO/c1-6-14-20-16-19(11-8-15-21-7-2)12-9-17(10-13-19)18(3,4)5/h17,20H,6-16H2,1-5H3. The molecule has 1 fully saturated rings. The molecule has 2 nitrogen and oxygen atoms in total. The van der Waals surface area contributed by atoms with Crippen LogP contribution in [0.3, 0.4) is 0 Å². The van der Waals surface area contributed by atoms with Crippen LogP contribution in [-0.4, -0.2) is 26.3 Å². The maximum atomic E-state index is 5.55. The van der Waals surface area contributed by atoms with Crippen molar-refractivity contribution in [3.63, 3.8) is 0 Å². The van der Waals surface area contributed by atoms with Gasteiger partial charge in [0.25, 0.3) is 0 Å². The molecule has 0 spiro atoms. The Morgan fingerprint density at radius 2 is 1.81 bits per heavy atom. The molecule has 21 heavy (non-hydrogen) atoms. The molecule has 0 unspecified atom stereocenters. The molecule has 1 saturated carbocycles. The SMILES string of the molecule is CCCNCC1(CCCOCC)CCC(C(C)(C)C)CC1. The molecule has 0 saturated heterocycles. The summed E-state index contributed by atoms with van der Waals surface area (Å²) in [7, 11) is 0. The molecule has 0 radical (unpaired) electrons. The maximum absolute atomic E-state index is 5.55. The highest BCUT2D eigenvalue weighted by atomic mass is 16.5.